The molecule has 2 rings (SSSR count). The first-order chi connectivity index (χ1) is 13.9. The summed E-state index contributed by atoms with van der Waals surface area (Å²) in [4.78, 5) is 37.2. The Labute approximate surface area is 178 Å². The highest BCUT2D eigenvalue weighted by molar-refractivity contribution is 6.35. The maximum Gasteiger partial charge on any atom is 0.257 e. The van der Waals surface area contributed by atoms with Crippen LogP contribution in [0.1, 0.15) is 23.2 Å². The highest BCUT2D eigenvalue weighted by atomic mass is 35.5. The van der Waals surface area contributed by atoms with Gasteiger partial charge in [0.25, 0.3) is 11.8 Å². The quantitative estimate of drug-likeness (QED) is 0.490. The monoisotopic (exact) mass is 437 g/mol. The molecule has 0 bridgehead atoms. The number of carbonyl (C=O) groups is 3. The number of amides is 3. The Bertz CT molecular complexity index is 862. The number of halogens is 2. The van der Waals surface area contributed by atoms with Gasteiger partial charge in [-0.3, -0.25) is 25.2 Å². The van der Waals surface area contributed by atoms with Gasteiger partial charge < -0.3 is 9.64 Å². The van der Waals surface area contributed by atoms with Gasteiger partial charge in [0.1, 0.15) is 12.3 Å². The lowest BCUT2D eigenvalue weighted by molar-refractivity contribution is -0.129. The van der Waals surface area contributed by atoms with Crippen LogP contribution in [-0.2, 0) is 9.59 Å². The van der Waals surface area contributed by atoms with Crippen LogP contribution in [-0.4, -0.2) is 42.8 Å². The minimum Gasteiger partial charge on any atom is -0.492 e. The largest absolute Gasteiger partial charge is 0.492 e. The molecule has 2 aromatic rings. The first kappa shape index (κ1) is 22.5. The van der Waals surface area contributed by atoms with E-state index in [9.17, 15) is 14.4 Å². The number of benzene rings is 2. The molecule has 0 radical (unpaired) electrons. The summed E-state index contributed by atoms with van der Waals surface area (Å²) in [5.74, 6) is -0.684. The molecule has 0 atom stereocenters. The predicted octanol–water partition coefficient (Wildman–Crippen LogP) is 3.07. The van der Waals surface area contributed by atoms with Crippen LogP contribution in [0.25, 0.3) is 0 Å². The van der Waals surface area contributed by atoms with Crippen molar-refractivity contribution in [1.82, 2.24) is 15.8 Å². The molecule has 154 valence electrons. The molecule has 0 unspecified atom stereocenters. The van der Waals surface area contributed by atoms with Gasteiger partial charge in [-0.1, -0.05) is 41.4 Å². The smallest absolute Gasteiger partial charge is 0.257 e. The SMILES string of the molecule is CN(CC(=O)NNC(=O)CCCOc1ccc(Cl)cc1Cl)C(=O)c1ccccc1. The highest BCUT2D eigenvalue weighted by Crippen LogP contribution is 2.27. The van der Waals surface area contributed by atoms with E-state index in [1.165, 1.54) is 11.9 Å². The third kappa shape index (κ3) is 7.63. The molecule has 0 heterocycles. The molecule has 3 amide bonds. The van der Waals surface area contributed by atoms with Crippen molar-refractivity contribution in [3.8, 4) is 5.75 Å². The van der Waals surface area contributed by atoms with Crippen molar-refractivity contribution >= 4 is 40.9 Å². The minimum absolute atomic E-state index is 0.143. The Kier molecular flexibility index (Phi) is 8.76. The number of nitrogens with one attached hydrogen (secondary N) is 2. The number of carbonyl (C=O) groups excluding carboxylic acids is 3. The van der Waals surface area contributed by atoms with Crippen molar-refractivity contribution in [2.75, 3.05) is 20.2 Å². The summed E-state index contributed by atoms with van der Waals surface area (Å²) in [6.45, 7) is 0.0865. The number of likely N-dealkylation sites (N-methyl/N-ethyl adjacent to an activating group) is 1. The Morgan fingerprint density at radius 2 is 1.69 bits per heavy atom. The van der Waals surface area contributed by atoms with Crippen LogP contribution in [0.2, 0.25) is 10.0 Å². The van der Waals surface area contributed by atoms with Crippen LogP contribution in [0.3, 0.4) is 0 Å². The summed E-state index contributed by atoms with van der Waals surface area (Å²) in [6, 6.07) is 13.5. The lowest BCUT2D eigenvalue weighted by atomic mass is 10.2. The average Bonchev–Trinajstić information content (AvgIpc) is 2.71. The minimum atomic E-state index is -0.505. The molecular weight excluding hydrogens is 417 g/mol. The van der Waals surface area contributed by atoms with Crippen LogP contribution < -0.4 is 15.6 Å². The van der Waals surface area contributed by atoms with Gasteiger partial charge in [-0.2, -0.15) is 0 Å². The van der Waals surface area contributed by atoms with Crippen molar-refractivity contribution in [1.29, 1.82) is 0 Å². The second-order valence-electron chi connectivity index (χ2n) is 6.15. The second kappa shape index (κ2) is 11.3. The Morgan fingerprint density at radius 1 is 1.00 bits per heavy atom. The third-order valence-electron chi connectivity index (χ3n) is 3.79. The van der Waals surface area contributed by atoms with Crippen molar-refractivity contribution in [2.45, 2.75) is 12.8 Å². The van der Waals surface area contributed by atoms with Crippen LogP contribution in [0, 0.1) is 0 Å². The zero-order valence-electron chi connectivity index (χ0n) is 15.8. The van der Waals surface area contributed by atoms with E-state index in [0.29, 0.717) is 27.8 Å². The average molecular weight is 438 g/mol. The number of hydrogen-bond donors (Lipinski definition) is 2. The maximum absolute atomic E-state index is 12.2. The summed E-state index contributed by atoms with van der Waals surface area (Å²) in [6.07, 6.45) is 0.567. The molecule has 9 heteroatoms. The third-order valence-corrected chi connectivity index (χ3v) is 4.32. The molecule has 0 saturated carbocycles. The van der Waals surface area contributed by atoms with Crippen LogP contribution in [0.5, 0.6) is 5.75 Å². The number of hydrazine groups is 1. The summed E-state index contributed by atoms with van der Waals surface area (Å²) in [5, 5.41) is 0.900. The molecule has 29 heavy (non-hydrogen) atoms. The van der Waals surface area contributed by atoms with E-state index in [4.69, 9.17) is 27.9 Å². The maximum atomic E-state index is 12.2. The second-order valence-corrected chi connectivity index (χ2v) is 6.99. The topological polar surface area (TPSA) is 87.7 Å². The zero-order chi connectivity index (χ0) is 21.2. The van der Waals surface area contributed by atoms with Crippen LogP contribution in [0.4, 0.5) is 0 Å². The lowest BCUT2D eigenvalue weighted by Gasteiger charge is -2.17. The van der Waals surface area contributed by atoms with E-state index >= 15 is 0 Å². The van der Waals surface area contributed by atoms with Gasteiger partial charge >= 0.3 is 0 Å². The Morgan fingerprint density at radius 3 is 2.38 bits per heavy atom. The van der Waals surface area contributed by atoms with Gasteiger partial charge in [-0.25, -0.2) is 0 Å². The van der Waals surface area contributed by atoms with Crippen LogP contribution >= 0.6 is 23.2 Å². The molecular formula is C20H21Cl2N3O4. The standard InChI is InChI=1S/C20H21Cl2N3O4/c1-25(20(28)14-6-3-2-4-7-14)13-19(27)24-23-18(26)8-5-11-29-17-10-9-15(21)12-16(17)22/h2-4,6-7,9-10,12H,5,8,11,13H2,1H3,(H,23,26)(H,24,27). The van der Waals surface area contributed by atoms with Gasteiger partial charge in [-0.05, 0) is 36.8 Å². The van der Waals surface area contributed by atoms with Gasteiger partial charge in [0.15, 0.2) is 0 Å². The molecule has 7 nitrogen and oxygen atoms in total. The van der Waals surface area contributed by atoms with E-state index in [1.807, 2.05) is 0 Å². The molecule has 0 aliphatic carbocycles. The highest BCUT2D eigenvalue weighted by Gasteiger charge is 2.15. The van der Waals surface area contributed by atoms with E-state index in [-0.39, 0.29) is 31.4 Å². The summed E-state index contributed by atoms with van der Waals surface area (Å²) in [7, 11) is 1.51. The summed E-state index contributed by atoms with van der Waals surface area (Å²) >= 11 is 11.8. The normalized spacial score (nSPS) is 10.2. The predicted molar refractivity (Wildman–Crippen MR) is 111 cm³/mol. The fourth-order valence-electron chi connectivity index (χ4n) is 2.34. The molecule has 0 aliphatic heterocycles. The molecule has 2 N–H and O–H groups in total. The fraction of sp³-hybridized carbons (Fsp3) is 0.250. The summed E-state index contributed by atoms with van der Waals surface area (Å²) in [5.41, 5.74) is 5.07. The molecule has 0 fully saturated rings. The van der Waals surface area contributed by atoms with Crippen molar-refractivity contribution in [2.24, 2.45) is 0 Å². The van der Waals surface area contributed by atoms with Gasteiger partial charge in [0.05, 0.1) is 11.6 Å². The van der Waals surface area contributed by atoms with E-state index in [0.717, 1.165) is 0 Å². The van der Waals surface area contributed by atoms with Crippen molar-refractivity contribution in [3.63, 3.8) is 0 Å². The van der Waals surface area contributed by atoms with Gasteiger partial charge in [0, 0.05) is 24.1 Å². The van der Waals surface area contributed by atoms with Crippen molar-refractivity contribution < 1.29 is 19.1 Å². The Balaban J connectivity index is 1.64. The fourth-order valence-corrected chi connectivity index (χ4v) is 2.80. The van der Waals surface area contributed by atoms with Gasteiger partial charge in [-0.15, -0.1) is 0 Å². The molecule has 0 aliphatic rings. The van der Waals surface area contributed by atoms with Gasteiger partial charge in [0.2, 0.25) is 5.91 Å². The molecule has 0 spiro atoms. The van der Waals surface area contributed by atoms with Crippen LogP contribution in [0.15, 0.2) is 48.5 Å². The molecule has 0 saturated heterocycles. The number of nitrogens with zero attached hydrogens (tertiary/aromatic N) is 1. The first-order valence-corrected chi connectivity index (χ1v) is 9.58. The van der Waals surface area contributed by atoms with E-state index in [2.05, 4.69) is 10.9 Å². The zero-order valence-corrected chi connectivity index (χ0v) is 17.3. The Hall–Kier alpha value is -2.77. The van der Waals surface area contributed by atoms with E-state index in [1.54, 1.807) is 48.5 Å². The number of hydrogen-bond acceptors (Lipinski definition) is 4. The number of rotatable bonds is 8. The lowest BCUT2D eigenvalue weighted by Crippen LogP contribution is -2.46. The molecule has 2 aromatic carbocycles. The number of ether oxygens (including phenoxy) is 1. The van der Waals surface area contributed by atoms with E-state index < -0.39 is 5.91 Å². The summed E-state index contributed by atoms with van der Waals surface area (Å²) < 4.78 is 5.49. The first-order valence-electron chi connectivity index (χ1n) is 8.83. The molecule has 0 aromatic heterocycles. The van der Waals surface area contributed by atoms with Crippen molar-refractivity contribution in [3.05, 3.63) is 64.1 Å².